The first-order chi connectivity index (χ1) is 15.5. The van der Waals surface area contributed by atoms with E-state index >= 15 is 0 Å². The molecule has 2 aliphatic rings. The minimum Gasteiger partial charge on any atom is -0.344 e. The normalized spacial score (nSPS) is 18.9. The molecule has 0 saturated heterocycles. The molecule has 2 nitrogen and oxygen atoms in total. The Hall–Kier alpha value is -3.00. The average molecular weight is 439 g/mol. The van der Waals surface area contributed by atoms with Crippen LogP contribution in [0.1, 0.15) is 59.6 Å². The molecule has 2 heterocycles. The molecular formula is C31H38N2. The second-order valence-electron chi connectivity index (χ2n) is 11.3. The largest absolute Gasteiger partial charge is 0.344 e. The fourth-order valence-electron chi connectivity index (χ4n) is 4.39. The van der Waals surface area contributed by atoms with Gasteiger partial charge in [-0.2, -0.15) is 0 Å². The molecule has 1 unspecified atom stereocenters. The molecule has 0 radical (unpaired) electrons. The van der Waals surface area contributed by atoms with E-state index in [0.717, 1.165) is 6.54 Å². The number of hydrogen-bond acceptors (Lipinski definition) is 2. The fraction of sp³-hybridized carbons (Fsp3) is 0.355. The highest BCUT2D eigenvalue weighted by molar-refractivity contribution is 5.61. The molecule has 33 heavy (non-hydrogen) atoms. The summed E-state index contributed by atoms with van der Waals surface area (Å²) in [5.41, 5.74) is 8.16. The van der Waals surface area contributed by atoms with Crippen LogP contribution in [0.15, 0.2) is 96.4 Å². The fourth-order valence-corrected chi connectivity index (χ4v) is 4.39. The van der Waals surface area contributed by atoms with Gasteiger partial charge in [0.05, 0.1) is 0 Å². The Morgan fingerprint density at radius 3 is 1.64 bits per heavy atom. The van der Waals surface area contributed by atoms with Crippen molar-refractivity contribution in [3.63, 3.8) is 0 Å². The third kappa shape index (κ3) is 5.16. The number of rotatable bonds is 3. The summed E-state index contributed by atoms with van der Waals surface area (Å²) < 4.78 is 0. The van der Waals surface area contributed by atoms with E-state index in [1.807, 2.05) is 0 Å². The van der Waals surface area contributed by atoms with Crippen molar-refractivity contribution in [2.45, 2.75) is 65.3 Å². The lowest BCUT2D eigenvalue weighted by molar-refractivity contribution is 0.590. The second kappa shape index (κ2) is 8.74. The van der Waals surface area contributed by atoms with E-state index in [9.17, 15) is 0 Å². The number of nitrogens with zero attached hydrogens (tertiary/aromatic N) is 2. The van der Waals surface area contributed by atoms with Crippen LogP contribution in [0, 0.1) is 0 Å². The minimum absolute atomic E-state index is 0.178. The van der Waals surface area contributed by atoms with Crippen LogP contribution in [0.2, 0.25) is 0 Å². The predicted molar refractivity (Wildman–Crippen MR) is 144 cm³/mol. The first-order valence-corrected chi connectivity index (χ1v) is 12.1. The van der Waals surface area contributed by atoms with E-state index < -0.39 is 0 Å². The van der Waals surface area contributed by atoms with Crippen LogP contribution in [-0.4, -0.2) is 12.6 Å². The van der Waals surface area contributed by atoms with Gasteiger partial charge in [0.25, 0.3) is 0 Å². The summed E-state index contributed by atoms with van der Waals surface area (Å²) in [7, 11) is 0. The van der Waals surface area contributed by atoms with Crippen LogP contribution in [0.3, 0.4) is 0 Å². The number of anilines is 2. The van der Waals surface area contributed by atoms with Gasteiger partial charge in [0.15, 0.2) is 0 Å². The highest BCUT2D eigenvalue weighted by Crippen LogP contribution is 2.31. The molecule has 0 aliphatic carbocycles. The average Bonchev–Trinajstić information content (AvgIpc) is 2.78. The quantitative estimate of drug-likeness (QED) is 0.481. The topological polar surface area (TPSA) is 6.48 Å². The van der Waals surface area contributed by atoms with Crippen LogP contribution >= 0.6 is 0 Å². The van der Waals surface area contributed by atoms with Gasteiger partial charge >= 0.3 is 0 Å². The number of benzene rings is 2. The van der Waals surface area contributed by atoms with Crippen molar-refractivity contribution in [2.24, 2.45) is 0 Å². The molecule has 0 aromatic heterocycles. The maximum atomic E-state index is 2.36. The Balaban J connectivity index is 1.43. The molecule has 172 valence electrons. The third-order valence-electron chi connectivity index (χ3n) is 6.65. The standard InChI is InChI=1S/C31H38N2/c1-23-22-25(18-21-33(23)29-14-10-27(11-15-29)31(5,6)7)24-16-19-32(20-17-24)28-12-8-26(9-13-28)30(2,3)4/h8-19,21-23H,20H2,1-7H3. The molecule has 2 heteroatoms. The SMILES string of the molecule is CC1C=C(C2=CCN(c3ccc(C(C)(C)C)cc3)C=C2)C=CN1c1ccc(C(C)(C)C)cc1. The van der Waals surface area contributed by atoms with Gasteiger partial charge in [-0.25, -0.2) is 0 Å². The van der Waals surface area contributed by atoms with Gasteiger partial charge in [0, 0.05) is 36.4 Å². The summed E-state index contributed by atoms with van der Waals surface area (Å²) >= 11 is 0. The van der Waals surface area contributed by atoms with Crippen molar-refractivity contribution >= 4 is 11.4 Å². The van der Waals surface area contributed by atoms with E-state index in [-0.39, 0.29) is 10.8 Å². The van der Waals surface area contributed by atoms with Crippen LogP contribution in [0.5, 0.6) is 0 Å². The highest BCUT2D eigenvalue weighted by Gasteiger charge is 2.19. The Morgan fingerprint density at radius 1 is 0.667 bits per heavy atom. The molecule has 1 atom stereocenters. The predicted octanol–water partition coefficient (Wildman–Crippen LogP) is 7.89. The Labute approximate surface area is 200 Å². The zero-order valence-electron chi connectivity index (χ0n) is 21.3. The summed E-state index contributed by atoms with van der Waals surface area (Å²) in [6.45, 7) is 16.7. The van der Waals surface area contributed by atoms with Crippen molar-refractivity contribution in [2.75, 3.05) is 16.3 Å². The van der Waals surface area contributed by atoms with E-state index in [1.165, 1.54) is 33.6 Å². The van der Waals surface area contributed by atoms with Gasteiger partial charge in [-0.1, -0.05) is 78.0 Å². The molecule has 0 saturated carbocycles. The second-order valence-corrected chi connectivity index (χ2v) is 11.3. The summed E-state index contributed by atoms with van der Waals surface area (Å²) in [6, 6.07) is 18.3. The lowest BCUT2D eigenvalue weighted by Gasteiger charge is -2.31. The van der Waals surface area contributed by atoms with Gasteiger partial charge in [-0.15, -0.1) is 0 Å². The lowest BCUT2D eigenvalue weighted by atomic mass is 9.87. The smallest absolute Gasteiger partial charge is 0.0497 e. The van der Waals surface area contributed by atoms with Gasteiger partial charge in [0.1, 0.15) is 0 Å². The molecule has 0 fully saturated rings. The van der Waals surface area contributed by atoms with Crippen LogP contribution in [-0.2, 0) is 10.8 Å². The monoisotopic (exact) mass is 438 g/mol. The Kier molecular flexibility index (Phi) is 6.14. The van der Waals surface area contributed by atoms with Crippen molar-refractivity contribution in [1.82, 2.24) is 0 Å². The lowest BCUT2D eigenvalue weighted by Crippen LogP contribution is -2.29. The van der Waals surface area contributed by atoms with Gasteiger partial charge in [0.2, 0.25) is 0 Å². The molecule has 0 N–H and O–H groups in total. The minimum atomic E-state index is 0.178. The highest BCUT2D eigenvalue weighted by atomic mass is 15.1. The first-order valence-electron chi connectivity index (χ1n) is 12.1. The van der Waals surface area contributed by atoms with Crippen molar-refractivity contribution < 1.29 is 0 Å². The first kappa shape index (κ1) is 23.2. The zero-order valence-corrected chi connectivity index (χ0v) is 21.3. The molecule has 4 rings (SSSR count). The van der Waals surface area contributed by atoms with Crippen molar-refractivity contribution in [3.05, 3.63) is 108 Å². The maximum Gasteiger partial charge on any atom is 0.0497 e. The zero-order chi connectivity index (χ0) is 23.8. The van der Waals surface area contributed by atoms with E-state index in [0.29, 0.717) is 6.04 Å². The summed E-state index contributed by atoms with van der Waals surface area (Å²) in [5.74, 6) is 0. The molecule has 2 aromatic carbocycles. The molecule has 2 aliphatic heterocycles. The van der Waals surface area contributed by atoms with E-state index in [1.54, 1.807) is 0 Å². The molecule has 0 spiro atoms. The number of allylic oxidation sites excluding steroid dienone is 4. The Morgan fingerprint density at radius 2 is 1.18 bits per heavy atom. The summed E-state index contributed by atoms with van der Waals surface area (Å²) in [5, 5.41) is 0. The molecule has 0 bridgehead atoms. The summed E-state index contributed by atoms with van der Waals surface area (Å²) in [4.78, 5) is 4.64. The number of hydrogen-bond donors (Lipinski definition) is 0. The van der Waals surface area contributed by atoms with E-state index in [2.05, 4.69) is 144 Å². The van der Waals surface area contributed by atoms with Crippen molar-refractivity contribution in [3.8, 4) is 0 Å². The molecule has 0 amide bonds. The van der Waals surface area contributed by atoms with Crippen molar-refractivity contribution in [1.29, 1.82) is 0 Å². The van der Waals surface area contributed by atoms with Crippen LogP contribution in [0.4, 0.5) is 11.4 Å². The molecule has 2 aromatic rings. The van der Waals surface area contributed by atoms with Gasteiger partial charge < -0.3 is 9.80 Å². The summed E-state index contributed by atoms with van der Waals surface area (Å²) in [6.07, 6.45) is 13.6. The maximum absolute atomic E-state index is 2.36. The van der Waals surface area contributed by atoms with Gasteiger partial charge in [-0.05, 0) is 76.4 Å². The molecular weight excluding hydrogens is 400 g/mol. The van der Waals surface area contributed by atoms with Crippen LogP contribution < -0.4 is 9.80 Å². The van der Waals surface area contributed by atoms with Crippen LogP contribution in [0.25, 0.3) is 0 Å². The third-order valence-corrected chi connectivity index (χ3v) is 6.65. The Bertz CT molecular complexity index is 1100. The van der Waals surface area contributed by atoms with Gasteiger partial charge in [-0.3, -0.25) is 0 Å². The van der Waals surface area contributed by atoms with E-state index in [4.69, 9.17) is 0 Å².